The van der Waals surface area contributed by atoms with Gasteiger partial charge in [-0.1, -0.05) is 96.8 Å². The molecule has 0 aromatic carbocycles. The Bertz CT molecular complexity index is 231. The van der Waals surface area contributed by atoms with Crippen molar-refractivity contribution in [2.24, 2.45) is 0 Å². The fraction of sp³-hybridized carbons (Fsp3) is 0.947. The Kier molecular flexibility index (Phi) is 19.4. The van der Waals surface area contributed by atoms with Crippen LogP contribution in [-0.2, 0) is 9.53 Å². The topological polar surface area (TPSA) is 26.3 Å². The summed E-state index contributed by atoms with van der Waals surface area (Å²) in [6.07, 6.45) is 20.9. The molecule has 0 aliphatic rings. The van der Waals surface area contributed by atoms with E-state index in [9.17, 15) is 4.79 Å². The Hall–Kier alpha value is 0.200. The molecule has 0 atom stereocenters. The van der Waals surface area contributed by atoms with Crippen LogP contribution in [0.3, 0.4) is 0 Å². The number of esters is 1. The van der Waals surface area contributed by atoms with Crippen LogP contribution < -0.4 is 0 Å². The first kappa shape index (κ1) is 22.2. The molecular formula is C19H37IO2. The van der Waals surface area contributed by atoms with E-state index in [1.165, 1.54) is 89.9 Å². The summed E-state index contributed by atoms with van der Waals surface area (Å²) in [6.45, 7) is 2.28. The van der Waals surface area contributed by atoms with Gasteiger partial charge in [0.1, 0.15) is 4.61 Å². The van der Waals surface area contributed by atoms with Gasteiger partial charge in [0.25, 0.3) is 0 Å². The molecule has 3 heteroatoms. The van der Waals surface area contributed by atoms with Crippen molar-refractivity contribution in [3.05, 3.63) is 0 Å². The zero-order valence-corrected chi connectivity index (χ0v) is 16.9. The summed E-state index contributed by atoms with van der Waals surface area (Å²) in [4.78, 5) is 11.1. The number of carbonyl (C=O) groups is 1. The van der Waals surface area contributed by atoms with Crippen LogP contribution in [0.1, 0.15) is 110 Å². The van der Waals surface area contributed by atoms with Crippen molar-refractivity contribution < 1.29 is 9.53 Å². The largest absolute Gasteiger partial charge is 0.455 e. The number of unbranched alkanes of at least 4 members (excludes halogenated alkanes) is 14. The molecular weight excluding hydrogens is 387 g/mol. The summed E-state index contributed by atoms with van der Waals surface area (Å²) < 4.78 is 5.39. The second-order valence-electron chi connectivity index (χ2n) is 6.33. The van der Waals surface area contributed by atoms with Crippen molar-refractivity contribution in [3.8, 4) is 0 Å². The second kappa shape index (κ2) is 19.2. The van der Waals surface area contributed by atoms with E-state index >= 15 is 0 Å². The fourth-order valence-corrected chi connectivity index (χ4v) is 3.12. The highest BCUT2D eigenvalue weighted by molar-refractivity contribution is 14.1. The van der Waals surface area contributed by atoms with Gasteiger partial charge in [0.15, 0.2) is 0 Å². The van der Waals surface area contributed by atoms with Crippen molar-refractivity contribution in [1.29, 1.82) is 0 Å². The van der Waals surface area contributed by atoms with Crippen LogP contribution in [0.5, 0.6) is 0 Å². The second-order valence-corrected chi connectivity index (χ2v) is 6.95. The SMILES string of the molecule is CCCCCCCCCCCCCCCCCC(=O)OCI. The maximum Gasteiger partial charge on any atom is 0.306 e. The molecule has 0 unspecified atom stereocenters. The molecule has 0 fully saturated rings. The van der Waals surface area contributed by atoms with E-state index < -0.39 is 0 Å². The summed E-state index contributed by atoms with van der Waals surface area (Å²) in [7, 11) is 0. The summed E-state index contributed by atoms with van der Waals surface area (Å²) in [5.41, 5.74) is 0. The van der Waals surface area contributed by atoms with Crippen LogP contribution in [0.15, 0.2) is 0 Å². The van der Waals surface area contributed by atoms with E-state index in [0.29, 0.717) is 11.0 Å². The molecule has 0 spiro atoms. The monoisotopic (exact) mass is 424 g/mol. The van der Waals surface area contributed by atoms with Crippen molar-refractivity contribution in [3.63, 3.8) is 0 Å². The summed E-state index contributed by atoms with van der Waals surface area (Å²) in [5, 5.41) is 0. The van der Waals surface area contributed by atoms with Gasteiger partial charge >= 0.3 is 5.97 Å². The molecule has 0 aliphatic heterocycles. The van der Waals surface area contributed by atoms with Crippen LogP contribution >= 0.6 is 22.6 Å². The predicted octanol–water partition coefficient (Wildman–Crippen LogP) is 7.18. The van der Waals surface area contributed by atoms with Crippen molar-refractivity contribution in [2.45, 2.75) is 110 Å². The Labute approximate surface area is 152 Å². The summed E-state index contributed by atoms with van der Waals surface area (Å²) in [5.74, 6) is -0.0379. The average molecular weight is 424 g/mol. The molecule has 22 heavy (non-hydrogen) atoms. The van der Waals surface area contributed by atoms with Crippen molar-refractivity contribution in [2.75, 3.05) is 4.61 Å². The molecule has 0 N–H and O–H groups in total. The van der Waals surface area contributed by atoms with Crippen LogP contribution in [0.2, 0.25) is 0 Å². The van der Waals surface area contributed by atoms with Crippen LogP contribution in [0, 0.1) is 0 Å². The minimum Gasteiger partial charge on any atom is -0.455 e. The van der Waals surface area contributed by atoms with Gasteiger partial charge in [-0.15, -0.1) is 0 Å². The third-order valence-electron chi connectivity index (χ3n) is 4.20. The highest BCUT2D eigenvalue weighted by Gasteiger charge is 2.00. The van der Waals surface area contributed by atoms with E-state index in [-0.39, 0.29) is 5.97 Å². The van der Waals surface area contributed by atoms with Gasteiger partial charge in [0.2, 0.25) is 0 Å². The quantitative estimate of drug-likeness (QED) is 0.107. The Morgan fingerprint density at radius 3 is 1.41 bits per heavy atom. The third-order valence-corrected chi connectivity index (χ3v) is 4.51. The molecule has 0 saturated heterocycles. The molecule has 0 aliphatic carbocycles. The van der Waals surface area contributed by atoms with Crippen LogP contribution in [-0.4, -0.2) is 10.6 Å². The van der Waals surface area contributed by atoms with Crippen molar-refractivity contribution in [1.82, 2.24) is 0 Å². The molecule has 0 aromatic heterocycles. The standard InChI is InChI=1S/C19H37IO2/c1-2-3-4-5-6-7-8-9-10-11-12-13-14-15-16-17-19(21)22-18-20/h2-18H2,1H3. The first-order valence-electron chi connectivity index (χ1n) is 9.52. The lowest BCUT2D eigenvalue weighted by Gasteiger charge is -2.03. The zero-order chi connectivity index (χ0) is 16.3. The van der Waals surface area contributed by atoms with Gasteiger partial charge in [-0.25, -0.2) is 0 Å². The number of hydrogen-bond donors (Lipinski definition) is 0. The first-order valence-corrected chi connectivity index (χ1v) is 11.1. The van der Waals surface area contributed by atoms with E-state index in [2.05, 4.69) is 29.5 Å². The summed E-state index contributed by atoms with van der Waals surface area (Å²) in [6, 6.07) is 0. The van der Waals surface area contributed by atoms with Gasteiger partial charge in [-0.05, 0) is 29.0 Å². The van der Waals surface area contributed by atoms with Crippen LogP contribution in [0.4, 0.5) is 0 Å². The molecule has 132 valence electrons. The first-order chi connectivity index (χ1) is 10.8. The predicted molar refractivity (Wildman–Crippen MR) is 105 cm³/mol. The molecule has 0 bridgehead atoms. The Balaban J connectivity index is 3.01. The summed E-state index contributed by atoms with van der Waals surface area (Å²) >= 11 is 2.06. The molecule has 0 saturated carbocycles. The lowest BCUT2D eigenvalue weighted by atomic mass is 10.0. The zero-order valence-electron chi connectivity index (χ0n) is 14.7. The van der Waals surface area contributed by atoms with Gasteiger partial charge < -0.3 is 4.74 Å². The van der Waals surface area contributed by atoms with Gasteiger partial charge in [0.05, 0.1) is 0 Å². The number of rotatable bonds is 17. The average Bonchev–Trinajstić information content (AvgIpc) is 2.51. The Morgan fingerprint density at radius 1 is 0.682 bits per heavy atom. The van der Waals surface area contributed by atoms with Crippen molar-refractivity contribution >= 4 is 28.6 Å². The highest BCUT2D eigenvalue weighted by atomic mass is 127. The lowest BCUT2D eigenvalue weighted by molar-refractivity contribution is -0.141. The molecule has 0 heterocycles. The number of ether oxygens (including phenoxy) is 1. The van der Waals surface area contributed by atoms with E-state index in [0.717, 1.165) is 6.42 Å². The van der Waals surface area contributed by atoms with E-state index in [1.54, 1.807) is 0 Å². The van der Waals surface area contributed by atoms with Crippen LogP contribution in [0.25, 0.3) is 0 Å². The van der Waals surface area contributed by atoms with E-state index in [4.69, 9.17) is 4.74 Å². The number of carbonyl (C=O) groups excluding carboxylic acids is 1. The smallest absolute Gasteiger partial charge is 0.306 e. The minimum absolute atomic E-state index is 0.0379. The van der Waals surface area contributed by atoms with E-state index in [1.807, 2.05) is 0 Å². The fourth-order valence-electron chi connectivity index (χ4n) is 2.77. The number of hydrogen-bond acceptors (Lipinski definition) is 2. The molecule has 0 amide bonds. The maximum atomic E-state index is 11.1. The Morgan fingerprint density at radius 2 is 1.05 bits per heavy atom. The highest BCUT2D eigenvalue weighted by Crippen LogP contribution is 2.13. The maximum absolute atomic E-state index is 11.1. The lowest BCUT2D eigenvalue weighted by Crippen LogP contribution is -2.01. The molecule has 0 radical (unpaired) electrons. The number of alkyl halides is 1. The molecule has 0 rings (SSSR count). The minimum atomic E-state index is -0.0379. The van der Waals surface area contributed by atoms with Gasteiger partial charge in [-0.2, -0.15) is 0 Å². The molecule has 0 aromatic rings. The van der Waals surface area contributed by atoms with Gasteiger partial charge in [0, 0.05) is 6.42 Å². The third kappa shape index (κ3) is 18.2. The van der Waals surface area contributed by atoms with Gasteiger partial charge in [-0.3, -0.25) is 4.79 Å². The number of halogens is 1. The normalized spacial score (nSPS) is 10.8. The molecule has 2 nitrogen and oxygen atoms in total.